The zero-order valence-electron chi connectivity index (χ0n) is 10.6. The van der Waals surface area contributed by atoms with E-state index in [1.54, 1.807) is 7.11 Å². The Labute approximate surface area is 109 Å². The Bertz CT molecular complexity index is 262. The number of methoxy groups -OCH3 is 1. The highest BCUT2D eigenvalue weighted by atomic mass is 35.5. The molecule has 2 fully saturated rings. The largest absolute Gasteiger partial charge is 0.384 e. The summed E-state index contributed by atoms with van der Waals surface area (Å²) in [7, 11) is 1.68. The molecule has 0 bridgehead atoms. The van der Waals surface area contributed by atoms with Crippen molar-refractivity contribution in [2.24, 2.45) is 11.3 Å². The highest BCUT2D eigenvalue weighted by Gasteiger charge is 2.43. The highest BCUT2D eigenvalue weighted by molar-refractivity contribution is 5.85. The summed E-state index contributed by atoms with van der Waals surface area (Å²) in [6.45, 7) is 4.55. The van der Waals surface area contributed by atoms with Gasteiger partial charge in [0, 0.05) is 13.2 Å². The minimum Gasteiger partial charge on any atom is -0.384 e. The second-order valence-electron chi connectivity index (χ2n) is 5.26. The molecular weight excluding hydrogens is 240 g/mol. The van der Waals surface area contributed by atoms with Gasteiger partial charge in [-0.2, -0.15) is 0 Å². The molecule has 1 saturated heterocycles. The van der Waals surface area contributed by atoms with Crippen LogP contribution < -0.4 is 10.6 Å². The van der Waals surface area contributed by atoms with Gasteiger partial charge in [-0.15, -0.1) is 12.4 Å². The molecule has 2 unspecified atom stereocenters. The Morgan fingerprint density at radius 3 is 2.53 bits per heavy atom. The van der Waals surface area contributed by atoms with Gasteiger partial charge in [0.2, 0.25) is 5.91 Å². The van der Waals surface area contributed by atoms with E-state index >= 15 is 0 Å². The fourth-order valence-corrected chi connectivity index (χ4v) is 2.46. The van der Waals surface area contributed by atoms with Crippen molar-refractivity contribution in [1.29, 1.82) is 0 Å². The molecule has 0 aromatic heterocycles. The quantitative estimate of drug-likeness (QED) is 0.793. The fourth-order valence-electron chi connectivity index (χ4n) is 2.46. The van der Waals surface area contributed by atoms with Gasteiger partial charge in [0.15, 0.2) is 0 Å². The van der Waals surface area contributed by atoms with Crippen molar-refractivity contribution in [3.8, 4) is 0 Å². The van der Waals surface area contributed by atoms with Crippen molar-refractivity contribution in [3.05, 3.63) is 0 Å². The minimum absolute atomic E-state index is 0. The van der Waals surface area contributed by atoms with E-state index in [0.717, 1.165) is 32.4 Å². The van der Waals surface area contributed by atoms with E-state index in [9.17, 15) is 4.79 Å². The zero-order valence-corrected chi connectivity index (χ0v) is 11.4. The van der Waals surface area contributed by atoms with E-state index in [-0.39, 0.29) is 23.7 Å². The van der Waals surface area contributed by atoms with E-state index < -0.39 is 0 Å². The molecule has 100 valence electrons. The van der Waals surface area contributed by atoms with Crippen LogP contribution in [0.2, 0.25) is 0 Å². The first-order valence-corrected chi connectivity index (χ1v) is 6.18. The molecule has 4 nitrogen and oxygen atoms in total. The van der Waals surface area contributed by atoms with Crippen LogP contribution in [0, 0.1) is 11.3 Å². The Morgan fingerprint density at radius 2 is 2.06 bits per heavy atom. The molecule has 1 amide bonds. The molecule has 2 rings (SSSR count). The van der Waals surface area contributed by atoms with Gasteiger partial charge in [0.25, 0.3) is 0 Å². The number of carbonyl (C=O) groups is 1. The van der Waals surface area contributed by atoms with Crippen molar-refractivity contribution in [3.63, 3.8) is 0 Å². The molecule has 2 N–H and O–H groups in total. The Morgan fingerprint density at radius 1 is 1.47 bits per heavy atom. The lowest BCUT2D eigenvalue weighted by atomic mass is 9.78. The summed E-state index contributed by atoms with van der Waals surface area (Å²) >= 11 is 0. The van der Waals surface area contributed by atoms with Crippen LogP contribution in [0.15, 0.2) is 0 Å². The van der Waals surface area contributed by atoms with Gasteiger partial charge >= 0.3 is 0 Å². The molecule has 0 aromatic carbocycles. The van der Waals surface area contributed by atoms with Crippen LogP contribution in [0.3, 0.4) is 0 Å². The summed E-state index contributed by atoms with van der Waals surface area (Å²) in [5, 5.41) is 6.45. The lowest BCUT2D eigenvalue weighted by Gasteiger charge is -2.35. The van der Waals surface area contributed by atoms with E-state index in [1.807, 2.05) is 0 Å². The number of halogens is 1. The predicted molar refractivity (Wildman–Crippen MR) is 69.4 cm³/mol. The van der Waals surface area contributed by atoms with Crippen LogP contribution in [0.4, 0.5) is 0 Å². The Balaban J connectivity index is 0.00000144. The number of amides is 1. The molecule has 1 aliphatic heterocycles. The van der Waals surface area contributed by atoms with E-state index in [4.69, 9.17) is 4.74 Å². The van der Waals surface area contributed by atoms with Crippen LogP contribution in [0.1, 0.15) is 26.2 Å². The maximum absolute atomic E-state index is 12.3. The highest BCUT2D eigenvalue weighted by Crippen LogP contribution is 2.34. The fraction of sp³-hybridized carbons (Fsp3) is 0.917. The number of ether oxygens (including phenoxy) is 1. The molecule has 1 heterocycles. The maximum atomic E-state index is 12.3. The smallest absolute Gasteiger partial charge is 0.228 e. The third-order valence-corrected chi connectivity index (χ3v) is 3.89. The normalized spacial score (nSPS) is 30.2. The molecule has 0 aromatic rings. The van der Waals surface area contributed by atoms with Crippen LogP contribution in [0.5, 0.6) is 0 Å². The lowest BCUT2D eigenvalue weighted by Crippen LogP contribution is -2.50. The molecule has 17 heavy (non-hydrogen) atoms. The lowest BCUT2D eigenvalue weighted by molar-refractivity contribution is -0.136. The third-order valence-electron chi connectivity index (χ3n) is 3.89. The molecule has 2 atom stereocenters. The SMILES string of the molecule is COCC1(C(=O)NC2CC2C)CCNCC1.Cl. The van der Waals surface area contributed by atoms with Gasteiger partial charge < -0.3 is 15.4 Å². The first-order chi connectivity index (χ1) is 7.68. The van der Waals surface area contributed by atoms with Gasteiger partial charge in [-0.3, -0.25) is 4.79 Å². The number of carbonyl (C=O) groups excluding carboxylic acids is 1. The zero-order chi connectivity index (χ0) is 11.6. The predicted octanol–water partition coefficient (Wildman–Crippen LogP) is 0.949. The van der Waals surface area contributed by atoms with Crippen molar-refractivity contribution < 1.29 is 9.53 Å². The van der Waals surface area contributed by atoms with Gasteiger partial charge in [-0.25, -0.2) is 0 Å². The number of nitrogens with one attached hydrogen (secondary N) is 2. The van der Waals surface area contributed by atoms with E-state index in [2.05, 4.69) is 17.6 Å². The van der Waals surface area contributed by atoms with Crippen molar-refractivity contribution in [2.75, 3.05) is 26.8 Å². The van der Waals surface area contributed by atoms with Crippen LogP contribution in [0.25, 0.3) is 0 Å². The first kappa shape index (κ1) is 14.7. The summed E-state index contributed by atoms with van der Waals surface area (Å²) in [6.07, 6.45) is 2.90. The van der Waals surface area contributed by atoms with Gasteiger partial charge in [-0.05, 0) is 38.3 Å². The average Bonchev–Trinajstić information content (AvgIpc) is 2.96. The second-order valence-corrected chi connectivity index (χ2v) is 5.26. The molecule has 5 heteroatoms. The molecule has 0 radical (unpaired) electrons. The van der Waals surface area contributed by atoms with Crippen molar-refractivity contribution in [1.82, 2.24) is 10.6 Å². The monoisotopic (exact) mass is 262 g/mol. The molecule has 1 saturated carbocycles. The van der Waals surface area contributed by atoms with E-state index in [1.165, 1.54) is 0 Å². The molecule has 1 aliphatic carbocycles. The van der Waals surface area contributed by atoms with Crippen molar-refractivity contribution >= 4 is 18.3 Å². The average molecular weight is 263 g/mol. The summed E-state index contributed by atoms with van der Waals surface area (Å²) < 4.78 is 5.25. The minimum atomic E-state index is -0.289. The van der Waals surface area contributed by atoms with Gasteiger partial charge in [-0.1, -0.05) is 6.92 Å². The second kappa shape index (κ2) is 6.03. The van der Waals surface area contributed by atoms with Crippen molar-refractivity contribution in [2.45, 2.75) is 32.2 Å². The Hall–Kier alpha value is -0.320. The number of rotatable bonds is 4. The number of hydrogen-bond acceptors (Lipinski definition) is 3. The van der Waals surface area contributed by atoms with Gasteiger partial charge in [0.1, 0.15) is 0 Å². The topological polar surface area (TPSA) is 50.4 Å². The molecule has 0 spiro atoms. The van der Waals surface area contributed by atoms with E-state index in [0.29, 0.717) is 18.6 Å². The molecule has 2 aliphatic rings. The maximum Gasteiger partial charge on any atom is 0.228 e. The standard InChI is InChI=1S/C12H22N2O2.ClH/c1-9-7-10(9)14-11(15)12(8-16-2)3-5-13-6-4-12;/h9-10,13H,3-8H2,1-2H3,(H,14,15);1H. The van der Waals surface area contributed by atoms with Crippen LogP contribution in [-0.2, 0) is 9.53 Å². The van der Waals surface area contributed by atoms with Crippen LogP contribution in [-0.4, -0.2) is 38.8 Å². The third kappa shape index (κ3) is 3.33. The van der Waals surface area contributed by atoms with Crippen LogP contribution >= 0.6 is 12.4 Å². The molecular formula is C12H23ClN2O2. The summed E-state index contributed by atoms with van der Waals surface area (Å²) in [4.78, 5) is 12.3. The summed E-state index contributed by atoms with van der Waals surface area (Å²) in [5.41, 5.74) is -0.289. The number of hydrogen-bond donors (Lipinski definition) is 2. The number of piperidine rings is 1. The summed E-state index contributed by atoms with van der Waals surface area (Å²) in [5.74, 6) is 0.857. The Kier molecular flexibility index (Phi) is 5.22. The first-order valence-electron chi connectivity index (χ1n) is 6.18. The van der Waals surface area contributed by atoms with Gasteiger partial charge in [0.05, 0.1) is 12.0 Å². The summed E-state index contributed by atoms with van der Waals surface area (Å²) in [6, 6.07) is 0.413.